The molecule has 6 heteroatoms. The number of anilines is 1. The standard InChI is InChI=1S/C22H26N4OS/c1-15(2)18-9-8-17-19(23)20(28-21(17)24-18)22(27)26-12-10-25(11-13-26)14-16-6-4-3-5-7-16/h3-9,15H,10-14,23H2,1-2H3. The molecule has 0 spiro atoms. The Morgan fingerprint density at radius 3 is 2.50 bits per heavy atom. The average Bonchev–Trinajstić information content (AvgIpc) is 3.05. The van der Waals surface area contributed by atoms with Gasteiger partial charge in [-0.15, -0.1) is 11.3 Å². The Labute approximate surface area is 169 Å². The molecule has 1 aliphatic rings. The van der Waals surface area contributed by atoms with Crippen LogP contribution in [0.15, 0.2) is 42.5 Å². The third kappa shape index (κ3) is 3.75. The fourth-order valence-electron chi connectivity index (χ4n) is 3.59. The van der Waals surface area contributed by atoms with Crippen molar-refractivity contribution in [1.82, 2.24) is 14.8 Å². The number of carbonyl (C=O) groups is 1. The molecule has 1 saturated heterocycles. The van der Waals surface area contributed by atoms with E-state index in [9.17, 15) is 4.79 Å². The van der Waals surface area contributed by atoms with Gasteiger partial charge in [-0.2, -0.15) is 0 Å². The van der Waals surface area contributed by atoms with Gasteiger partial charge in [-0.25, -0.2) is 4.98 Å². The number of carbonyl (C=O) groups excluding carboxylic acids is 1. The highest BCUT2D eigenvalue weighted by Crippen LogP contribution is 2.34. The lowest BCUT2D eigenvalue weighted by Gasteiger charge is -2.34. The second-order valence-electron chi connectivity index (χ2n) is 7.64. The monoisotopic (exact) mass is 394 g/mol. The number of fused-ring (bicyclic) bond motifs is 1. The van der Waals surface area contributed by atoms with Crippen molar-refractivity contribution in [2.45, 2.75) is 26.3 Å². The second-order valence-corrected chi connectivity index (χ2v) is 8.64. The molecule has 1 fully saturated rings. The van der Waals surface area contributed by atoms with E-state index in [0.717, 1.165) is 48.6 Å². The molecule has 0 bridgehead atoms. The number of hydrogen-bond donors (Lipinski definition) is 1. The number of rotatable bonds is 4. The number of amides is 1. The van der Waals surface area contributed by atoms with E-state index in [-0.39, 0.29) is 5.91 Å². The van der Waals surface area contributed by atoms with E-state index in [4.69, 9.17) is 10.7 Å². The lowest BCUT2D eigenvalue weighted by atomic mass is 10.1. The molecule has 4 rings (SSSR count). The molecule has 28 heavy (non-hydrogen) atoms. The Morgan fingerprint density at radius 2 is 1.82 bits per heavy atom. The molecule has 0 unspecified atom stereocenters. The Morgan fingerprint density at radius 1 is 1.11 bits per heavy atom. The third-order valence-electron chi connectivity index (χ3n) is 5.31. The minimum atomic E-state index is 0.0333. The van der Waals surface area contributed by atoms with Gasteiger partial charge in [-0.1, -0.05) is 44.2 Å². The first-order chi connectivity index (χ1) is 13.5. The molecule has 2 N–H and O–H groups in total. The van der Waals surface area contributed by atoms with Crippen molar-refractivity contribution in [2.75, 3.05) is 31.9 Å². The van der Waals surface area contributed by atoms with Crippen LogP contribution < -0.4 is 5.73 Å². The summed E-state index contributed by atoms with van der Waals surface area (Å²) in [5.41, 5.74) is 9.22. The van der Waals surface area contributed by atoms with Crippen molar-refractivity contribution in [3.8, 4) is 0 Å². The van der Waals surface area contributed by atoms with E-state index in [1.807, 2.05) is 23.1 Å². The van der Waals surface area contributed by atoms with Crippen LogP contribution in [0.25, 0.3) is 10.2 Å². The van der Waals surface area contributed by atoms with Crippen LogP contribution in [0.2, 0.25) is 0 Å². The summed E-state index contributed by atoms with van der Waals surface area (Å²) in [6, 6.07) is 14.5. The minimum Gasteiger partial charge on any atom is -0.397 e. The van der Waals surface area contributed by atoms with Crippen LogP contribution in [0.3, 0.4) is 0 Å². The van der Waals surface area contributed by atoms with E-state index in [2.05, 4.69) is 43.0 Å². The predicted octanol–water partition coefficient (Wildman–Crippen LogP) is 3.96. The number of aromatic nitrogens is 1. The topological polar surface area (TPSA) is 62.5 Å². The lowest BCUT2D eigenvalue weighted by molar-refractivity contribution is 0.0634. The summed E-state index contributed by atoms with van der Waals surface area (Å²) in [5.74, 6) is 0.385. The molecule has 2 aromatic heterocycles. The fraction of sp³-hybridized carbons (Fsp3) is 0.364. The largest absolute Gasteiger partial charge is 0.397 e. The molecular formula is C22H26N4OS. The summed E-state index contributed by atoms with van der Waals surface area (Å²) in [4.78, 5) is 23.6. The first-order valence-corrected chi connectivity index (χ1v) is 10.6. The van der Waals surface area contributed by atoms with E-state index in [1.165, 1.54) is 16.9 Å². The highest BCUT2D eigenvalue weighted by atomic mass is 32.1. The minimum absolute atomic E-state index is 0.0333. The van der Waals surface area contributed by atoms with Gasteiger partial charge in [0.1, 0.15) is 9.71 Å². The summed E-state index contributed by atoms with van der Waals surface area (Å²) < 4.78 is 0. The number of nitrogen functional groups attached to an aromatic ring is 1. The molecule has 5 nitrogen and oxygen atoms in total. The normalized spacial score (nSPS) is 15.5. The fourth-order valence-corrected chi connectivity index (χ4v) is 4.65. The summed E-state index contributed by atoms with van der Waals surface area (Å²) in [6.07, 6.45) is 0. The van der Waals surface area contributed by atoms with Crippen LogP contribution in [0.1, 0.15) is 40.7 Å². The van der Waals surface area contributed by atoms with Gasteiger partial charge >= 0.3 is 0 Å². The summed E-state index contributed by atoms with van der Waals surface area (Å²) >= 11 is 1.42. The molecule has 146 valence electrons. The number of benzene rings is 1. The zero-order chi connectivity index (χ0) is 19.7. The van der Waals surface area contributed by atoms with Crippen LogP contribution in [-0.4, -0.2) is 46.9 Å². The smallest absolute Gasteiger partial charge is 0.266 e. The summed E-state index contributed by atoms with van der Waals surface area (Å²) in [7, 11) is 0. The molecule has 3 aromatic rings. The first-order valence-electron chi connectivity index (χ1n) is 9.77. The van der Waals surface area contributed by atoms with Gasteiger partial charge in [0.05, 0.1) is 5.69 Å². The maximum Gasteiger partial charge on any atom is 0.266 e. The molecular weight excluding hydrogens is 368 g/mol. The van der Waals surface area contributed by atoms with Crippen molar-refractivity contribution in [3.63, 3.8) is 0 Å². The van der Waals surface area contributed by atoms with Gasteiger partial charge in [0.2, 0.25) is 0 Å². The molecule has 1 aromatic carbocycles. The second kappa shape index (κ2) is 7.89. The number of pyridine rings is 1. The molecule has 1 aliphatic heterocycles. The SMILES string of the molecule is CC(C)c1ccc2c(N)c(C(=O)N3CCN(Cc4ccccc4)CC3)sc2n1. The van der Waals surface area contributed by atoms with Gasteiger partial charge in [0, 0.05) is 43.8 Å². The number of thiophene rings is 1. The van der Waals surface area contributed by atoms with Crippen LogP contribution in [-0.2, 0) is 6.54 Å². The Kier molecular flexibility index (Phi) is 5.33. The van der Waals surface area contributed by atoms with Crippen molar-refractivity contribution in [3.05, 3.63) is 58.6 Å². The molecule has 0 aliphatic carbocycles. The predicted molar refractivity (Wildman–Crippen MR) is 116 cm³/mol. The Hall–Kier alpha value is -2.44. The van der Waals surface area contributed by atoms with Gasteiger partial charge in [-0.05, 0) is 23.6 Å². The van der Waals surface area contributed by atoms with Crippen LogP contribution in [0, 0.1) is 0 Å². The number of nitrogens with zero attached hydrogens (tertiary/aromatic N) is 3. The third-order valence-corrected chi connectivity index (χ3v) is 6.41. The van der Waals surface area contributed by atoms with Gasteiger partial charge < -0.3 is 10.6 Å². The summed E-state index contributed by atoms with van der Waals surface area (Å²) in [6.45, 7) is 8.37. The number of hydrogen-bond acceptors (Lipinski definition) is 5. The van der Waals surface area contributed by atoms with E-state index in [0.29, 0.717) is 16.5 Å². The number of nitrogens with two attached hydrogens (primary N) is 1. The molecule has 0 radical (unpaired) electrons. The van der Waals surface area contributed by atoms with E-state index < -0.39 is 0 Å². The molecule has 1 amide bonds. The molecule has 0 saturated carbocycles. The summed E-state index contributed by atoms with van der Waals surface area (Å²) in [5, 5.41) is 0.889. The Bertz CT molecular complexity index is 975. The van der Waals surface area contributed by atoms with Crippen molar-refractivity contribution >= 4 is 33.1 Å². The maximum absolute atomic E-state index is 13.1. The highest BCUT2D eigenvalue weighted by molar-refractivity contribution is 7.21. The Balaban J connectivity index is 1.46. The van der Waals surface area contributed by atoms with Crippen LogP contribution in [0.4, 0.5) is 5.69 Å². The molecule has 3 heterocycles. The van der Waals surface area contributed by atoms with Crippen molar-refractivity contribution < 1.29 is 4.79 Å². The van der Waals surface area contributed by atoms with Gasteiger partial charge in [-0.3, -0.25) is 9.69 Å². The average molecular weight is 395 g/mol. The van der Waals surface area contributed by atoms with Crippen molar-refractivity contribution in [2.24, 2.45) is 0 Å². The highest BCUT2D eigenvalue weighted by Gasteiger charge is 2.26. The lowest BCUT2D eigenvalue weighted by Crippen LogP contribution is -2.48. The van der Waals surface area contributed by atoms with E-state index in [1.54, 1.807) is 0 Å². The van der Waals surface area contributed by atoms with E-state index >= 15 is 0 Å². The maximum atomic E-state index is 13.1. The quantitative estimate of drug-likeness (QED) is 0.728. The van der Waals surface area contributed by atoms with Crippen LogP contribution in [0.5, 0.6) is 0 Å². The number of piperazine rings is 1. The molecule has 0 atom stereocenters. The van der Waals surface area contributed by atoms with Crippen molar-refractivity contribution in [1.29, 1.82) is 0 Å². The van der Waals surface area contributed by atoms with Gasteiger partial charge in [0.15, 0.2) is 0 Å². The zero-order valence-electron chi connectivity index (χ0n) is 16.4. The van der Waals surface area contributed by atoms with Gasteiger partial charge in [0.25, 0.3) is 5.91 Å². The zero-order valence-corrected chi connectivity index (χ0v) is 17.2. The first kappa shape index (κ1) is 18.9. The van der Waals surface area contributed by atoms with Crippen LogP contribution >= 0.6 is 11.3 Å².